The molecule has 1 amide bonds. The van der Waals surface area contributed by atoms with Crippen molar-refractivity contribution in [2.75, 3.05) is 6.54 Å². The van der Waals surface area contributed by atoms with Gasteiger partial charge in [0.05, 0.1) is 15.8 Å². The Morgan fingerprint density at radius 2 is 2.41 bits per heavy atom. The van der Waals surface area contributed by atoms with Gasteiger partial charge in [-0.1, -0.05) is 17.5 Å². The van der Waals surface area contributed by atoms with Crippen LogP contribution < -0.4 is 5.32 Å². The first-order valence-corrected chi connectivity index (χ1v) is 6.71. The van der Waals surface area contributed by atoms with Crippen LogP contribution in [0.5, 0.6) is 0 Å². The Hall–Kier alpha value is -1.35. The molecule has 0 saturated carbocycles. The third-order valence-corrected chi connectivity index (χ3v) is 4.11. The summed E-state index contributed by atoms with van der Waals surface area (Å²) in [6, 6.07) is 3.69. The van der Waals surface area contributed by atoms with Gasteiger partial charge >= 0.3 is 0 Å². The van der Waals surface area contributed by atoms with E-state index >= 15 is 0 Å². The summed E-state index contributed by atoms with van der Waals surface area (Å²) < 4.78 is 0.702. The van der Waals surface area contributed by atoms with Crippen molar-refractivity contribution in [2.24, 2.45) is 0 Å². The molecular weight excluding hydrogens is 276 g/mol. The van der Waals surface area contributed by atoms with Gasteiger partial charge in [0, 0.05) is 5.38 Å². The van der Waals surface area contributed by atoms with Gasteiger partial charge in [-0.05, 0) is 12.1 Å². The SMILES string of the molecule is C#CCNC(=O)c1csc(-c2ccc(Cl)s2)n1. The lowest BCUT2D eigenvalue weighted by Crippen LogP contribution is -2.23. The number of nitrogens with zero attached hydrogens (tertiary/aromatic N) is 1. The van der Waals surface area contributed by atoms with E-state index < -0.39 is 0 Å². The highest BCUT2D eigenvalue weighted by atomic mass is 35.5. The topological polar surface area (TPSA) is 42.0 Å². The number of halogens is 1. The normalized spacial score (nSPS) is 9.88. The van der Waals surface area contributed by atoms with Gasteiger partial charge in [0.25, 0.3) is 5.91 Å². The van der Waals surface area contributed by atoms with Crippen LogP contribution in [0.15, 0.2) is 17.5 Å². The molecule has 2 heterocycles. The number of rotatable bonds is 3. The van der Waals surface area contributed by atoms with E-state index in [0.29, 0.717) is 10.0 Å². The van der Waals surface area contributed by atoms with E-state index in [9.17, 15) is 4.79 Å². The fourth-order valence-electron chi connectivity index (χ4n) is 1.14. The molecule has 2 aromatic rings. The molecular formula is C11H7ClN2OS2. The standard InChI is InChI=1S/C11H7ClN2OS2/c1-2-5-13-10(15)7-6-16-11(14-7)8-3-4-9(12)17-8/h1,3-4,6H,5H2,(H,13,15). The zero-order valence-electron chi connectivity index (χ0n) is 8.57. The zero-order chi connectivity index (χ0) is 12.3. The summed E-state index contributed by atoms with van der Waals surface area (Å²) in [5, 5.41) is 5.05. The smallest absolute Gasteiger partial charge is 0.271 e. The van der Waals surface area contributed by atoms with E-state index in [0.717, 1.165) is 9.88 Å². The molecule has 0 atom stereocenters. The van der Waals surface area contributed by atoms with E-state index in [4.69, 9.17) is 18.0 Å². The first-order valence-electron chi connectivity index (χ1n) is 4.63. The Morgan fingerprint density at radius 3 is 3.06 bits per heavy atom. The van der Waals surface area contributed by atoms with Crippen LogP contribution in [0, 0.1) is 12.3 Å². The minimum Gasteiger partial charge on any atom is -0.340 e. The molecule has 0 aliphatic heterocycles. The molecule has 3 nitrogen and oxygen atoms in total. The Balaban J connectivity index is 2.16. The quantitative estimate of drug-likeness (QED) is 0.880. The number of carbonyl (C=O) groups excluding carboxylic acids is 1. The average Bonchev–Trinajstić information content (AvgIpc) is 2.93. The molecule has 0 bridgehead atoms. The Kier molecular flexibility index (Phi) is 3.79. The van der Waals surface area contributed by atoms with Gasteiger partial charge < -0.3 is 5.32 Å². The van der Waals surface area contributed by atoms with Crippen LogP contribution in [0.2, 0.25) is 4.34 Å². The highest BCUT2D eigenvalue weighted by molar-refractivity contribution is 7.23. The van der Waals surface area contributed by atoms with Crippen LogP contribution in [-0.4, -0.2) is 17.4 Å². The molecule has 0 spiro atoms. The summed E-state index contributed by atoms with van der Waals surface area (Å²) in [5.41, 5.74) is 0.379. The highest BCUT2D eigenvalue weighted by Crippen LogP contribution is 2.32. The first-order chi connectivity index (χ1) is 8.20. The maximum Gasteiger partial charge on any atom is 0.271 e. The number of carbonyl (C=O) groups is 1. The number of aromatic nitrogens is 1. The van der Waals surface area contributed by atoms with Gasteiger partial charge in [0.1, 0.15) is 10.7 Å². The number of nitrogens with one attached hydrogen (secondary N) is 1. The molecule has 86 valence electrons. The van der Waals surface area contributed by atoms with Crippen molar-refractivity contribution < 1.29 is 4.79 Å². The lowest BCUT2D eigenvalue weighted by Gasteiger charge is -1.95. The molecule has 0 saturated heterocycles. The molecule has 0 unspecified atom stereocenters. The molecule has 2 aromatic heterocycles. The van der Waals surface area contributed by atoms with E-state index in [2.05, 4.69) is 16.2 Å². The molecule has 0 aromatic carbocycles. The number of terminal acetylenes is 1. The molecule has 17 heavy (non-hydrogen) atoms. The lowest BCUT2D eigenvalue weighted by atomic mass is 10.4. The summed E-state index contributed by atoms with van der Waals surface area (Å²) in [5.74, 6) is 2.08. The summed E-state index contributed by atoms with van der Waals surface area (Å²) in [6.45, 7) is 0.205. The predicted octanol–water partition coefficient (Wildman–Crippen LogP) is 2.89. The number of hydrogen-bond donors (Lipinski definition) is 1. The summed E-state index contributed by atoms with van der Waals surface area (Å²) in [6.07, 6.45) is 5.06. The zero-order valence-corrected chi connectivity index (χ0v) is 11.0. The molecule has 0 aliphatic carbocycles. The van der Waals surface area contributed by atoms with Gasteiger partial charge in [0.15, 0.2) is 0 Å². The largest absolute Gasteiger partial charge is 0.340 e. The van der Waals surface area contributed by atoms with Crippen molar-refractivity contribution in [1.82, 2.24) is 10.3 Å². The van der Waals surface area contributed by atoms with Gasteiger partial charge in [-0.2, -0.15) is 0 Å². The second-order valence-corrected chi connectivity index (χ2v) is 5.60. The van der Waals surface area contributed by atoms with Crippen LogP contribution in [0.1, 0.15) is 10.5 Å². The van der Waals surface area contributed by atoms with Crippen molar-refractivity contribution in [2.45, 2.75) is 0 Å². The third-order valence-electron chi connectivity index (χ3n) is 1.87. The maximum atomic E-state index is 11.6. The van der Waals surface area contributed by atoms with Crippen molar-refractivity contribution in [3.8, 4) is 22.2 Å². The number of amides is 1. The van der Waals surface area contributed by atoms with Crippen molar-refractivity contribution in [3.63, 3.8) is 0 Å². The number of thiophene rings is 1. The van der Waals surface area contributed by atoms with Crippen molar-refractivity contribution >= 4 is 40.2 Å². The third kappa shape index (κ3) is 2.86. The van der Waals surface area contributed by atoms with Crippen LogP contribution >= 0.6 is 34.3 Å². The summed E-state index contributed by atoms with van der Waals surface area (Å²) in [4.78, 5) is 16.8. The van der Waals surface area contributed by atoms with Gasteiger partial charge in [0.2, 0.25) is 0 Å². The van der Waals surface area contributed by atoms with Gasteiger partial charge in [-0.15, -0.1) is 29.1 Å². The first kappa shape index (κ1) is 12.1. The molecule has 1 N–H and O–H groups in total. The van der Waals surface area contributed by atoms with E-state index in [1.807, 2.05) is 6.07 Å². The fraction of sp³-hybridized carbons (Fsp3) is 0.0909. The van der Waals surface area contributed by atoms with Crippen molar-refractivity contribution in [3.05, 3.63) is 27.5 Å². The van der Waals surface area contributed by atoms with Crippen LogP contribution in [-0.2, 0) is 0 Å². The molecule has 6 heteroatoms. The van der Waals surface area contributed by atoms with Gasteiger partial charge in [-0.25, -0.2) is 4.98 Å². The predicted molar refractivity (Wildman–Crippen MR) is 71.6 cm³/mol. The second-order valence-electron chi connectivity index (χ2n) is 3.03. The van der Waals surface area contributed by atoms with Crippen molar-refractivity contribution in [1.29, 1.82) is 0 Å². The highest BCUT2D eigenvalue weighted by Gasteiger charge is 2.12. The molecule has 0 radical (unpaired) electrons. The molecule has 0 aliphatic rings. The Labute approximate surface area is 111 Å². The minimum atomic E-state index is -0.256. The maximum absolute atomic E-state index is 11.6. The summed E-state index contributed by atoms with van der Waals surface area (Å²) >= 11 is 8.68. The van der Waals surface area contributed by atoms with E-state index in [1.165, 1.54) is 22.7 Å². The Bertz CT molecular complexity index is 582. The average molecular weight is 283 g/mol. The van der Waals surface area contributed by atoms with Crippen LogP contribution in [0.4, 0.5) is 0 Å². The number of thiazole rings is 1. The fourth-order valence-corrected chi connectivity index (χ4v) is 3.06. The molecule has 0 fully saturated rings. The molecule has 2 rings (SSSR count). The monoisotopic (exact) mass is 282 g/mol. The second kappa shape index (κ2) is 5.32. The van der Waals surface area contributed by atoms with E-state index in [-0.39, 0.29) is 12.5 Å². The van der Waals surface area contributed by atoms with E-state index in [1.54, 1.807) is 11.4 Å². The lowest BCUT2D eigenvalue weighted by molar-refractivity contribution is 0.0954. The van der Waals surface area contributed by atoms with Crippen LogP contribution in [0.3, 0.4) is 0 Å². The van der Waals surface area contributed by atoms with Crippen LogP contribution in [0.25, 0.3) is 9.88 Å². The Morgan fingerprint density at radius 1 is 1.59 bits per heavy atom. The minimum absolute atomic E-state index is 0.205. The van der Waals surface area contributed by atoms with Gasteiger partial charge in [-0.3, -0.25) is 4.79 Å². The summed E-state index contributed by atoms with van der Waals surface area (Å²) in [7, 11) is 0. The number of hydrogen-bond acceptors (Lipinski definition) is 4.